The second-order valence-corrected chi connectivity index (χ2v) is 4.34. The fraction of sp³-hybridized carbons (Fsp3) is 0.0769. The van der Waals surface area contributed by atoms with Gasteiger partial charge in [-0.1, -0.05) is 23.7 Å². The summed E-state index contributed by atoms with van der Waals surface area (Å²) in [5, 5.41) is 11.0. The molecule has 0 aliphatic rings. The summed E-state index contributed by atoms with van der Waals surface area (Å²) in [5.41, 5.74) is -0.228. The second-order valence-electron chi connectivity index (χ2n) is 3.91. The average molecular weight is 300 g/mol. The maximum atomic E-state index is 13.5. The molecule has 0 heterocycles. The number of hydrogen-bond donors (Lipinski definition) is 0. The van der Waals surface area contributed by atoms with Crippen molar-refractivity contribution in [3.63, 3.8) is 0 Å². The number of hydrogen-bond acceptors (Lipinski definition) is 3. The van der Waals surface area contributed by atoms with Crippen LogP contribution in [-0.4, -0.2) is 4.92 Å². The molecule has 0 saturated carbocycles. The number of benzene rings is 2. The molecule has 0 aliphatic carbocycles. The Balaban J connectivity index is 2.16. The van der Waals surface area contributed by atoms with E-state index in [4.69, 9.17) is 16.3 Å². The van der Waals surface area contributed by atoms with Crippen molar-refractivity contribution >= 4 is 17.3 Å². The van der Waals surface area contributed by atoms with E-state index in [-0.39, 0.29) is 12.4 Å². The quantitative estimate of drug-likeness (QED) is 0.630. The molecule has 0 N–H and O–H groups in total. The van der Waals surface area contributed by atoms with E-state index in [0.717, 1.165) is 0 Å². The average Bonchev–Trinajstić information content (AvgIpc) is 2.41. The third-order valence-corrected chi connectivity index (χ3v) is 2.76. The molecule has 0 fully saturated rings. The van der Waals surface area contributed by atoms with Crippen molar-refractivity contribution in [2.75, 3.05) is 0 Å². The normalized spacial score (nSPS) is 10.3. The lowest BCUT2D eigenvalue weighted by Crippen LogP contribution is -2.00. The van der Waals surface area contributed by atoms with Crippen molar-refractivity contribution in [3.05, 3.63) is 68.7 Å². The lowest BCUT2D eigenvalue weighted by molar-refractivity contribution is -0.387. The molecule has 2 aromatic rings. The van der Waals surface area contributed by atoms with E-state index in [2.05, 4.69) is 0 Å². The van der Waals surface area contributed by atoms with Crippen LogP contribution in [0.4, 0.5) is 14.5 Å². The predicted molar refractivity (Wildman–Crippen MR) is 68.8 cm³/mol. The van der Waals surface area contributed by atoms with Crippen molar-refractivity contribution in [1.82, 2.24) is 0 Å². The Morgan fingerprint density at radius 2 is 1.80 bits per heavy atom. The van der Waals surface area contributed by atoms with Gasteiger partial charge in [0.1, 0.15) is 6.61 Å². The number of rotatable bonds is 4. The maximum absolute atomic E-state index is 13.5. The summed E-state index contributed by atoms with van der Waals surface area (Å²) in [6.07, 6.45) is 0. The molecule has 0 bridgehead atoms. The van der Waals surface area contributed by atoms with Gasteiger partial charge in [-0.25, -0.2) is 4.39 Å². The zero-order valence-electron chi connectivity index (χ0n) is 9.98. The highest BCUT2D eigenvalue weighted by molar-refractivity contribution is 6.30. The summed E-state index contributed by atoms with van der Waals surface area (Å²) in [5.74, 6) is -2.53. The topological polar surface area (TPSA) is 52.4 Å². The van der Waals surface area contributed by atoms with Crippen molar-refractivity contribution in [2.45, 2.75) is 6.61 Å². The van der Waals surface area contributed by atoms with Crippen molar-refractivity contribution in [1.29, 1.82) is 0 Å². The molecular formula is C13H8ClF2NO3. The van der Waals surface area contributed by atoms with Crippen LogP contribution in [-0.2, 0) is 6.61 Å². The monoisotopic (exact) mass is 299 g/mol. The Hall–Kier alpha value is -2.21. The molecule has 0 saturated heterocycles. The maximum Gasteiger partial charge on any atom is 0.307 e. The van der Waals surface area contributed by atoms with Gasteiger partial charge >= 0.3 is 5.69 Å². The molecule has 0 radical (unpaired) electrons. The van der Waals surface area contributed by atoms with E-state index < -0.39 is 22.2 Å². The number of nitro benzene ring substituents is 1. The lowest BCUT2D eigenvalue weighted by Gasteiger charge is -2.07. The first-order valence-corrected chi connectivity index (χ1v) is 5.86. The number of ether oxygens (including phenoxy) is 1. The van der Waals surface area contributed by atoms with Crippen LogP contribution in [0.2, 0.25) is 5.02 Å². The summed E-state index contributed by atoms with van der Waals surface area (Å²) < 4.78 is 32.0. The Bertz CT molecular complexity index is 647. The summed E-state index contributed by atoms with van der Waals surface area (Å²) in [6, 6.07) is 7.75. The van der Waals surface area contributed by atoms with E-state index in [0.29, 0.717) is 22.7 Å². The van der Waals surface area contributed by atoms with Crippen LogP contribution in [0.25, 0.3) is 0 Å². The van der Waals surface area contributed by atoms with Crippen LogP contribution >= 0.6 is 11.6 Å². The lowest BCUT2D eigenvalue weighted by atomic mass is 10.2. The molecule has 7 heteroatoms. The minimum atomic E-state index is -1.15. The van der Waals surface area contributed by atoms with Gasteiger partial charge in [0.2, 0.25) is 5.82 Å². The Labute approximate surface area is 117 Å². The molecule has 104 valence electrons. The van der Waals surface area contributed by atoms with Gasteiger partial charge in [0.15, 0.2) is 11.6 Å². The third-order valence-electron chi connectivity index (χ3n) is 2.51. The predicted octanol–water partition coefficient (Wildman–Crippen LogP) is 4.11. The smallest absolute Gasteiger partial charge is 0.307 e. The first-order chi connectivity index (χ1) is 9.47. The first-order valence-electron chi connectivity index (χ1n) is 5.48. The molecule has 0 unspecified atom stereocenters. The minimum Gasteiger partial charge on any atom is -0.486 e. The molecule has 20 heavy (non-hydrogen) atoms. The van der Waals surface area contributed by atoms with E-state index >= 15 is 0 Å². The van der Waals surface area contributed by atoms with Crippen LogP contribution < -0.4 is 4.74 Å². The van der Waals surface area contributed by atoms with Crippen LogP contribution in [0.3, 0.4) is 0 Å². The molecule has 0 aromatic heterocycles. The summed E-state index contributed by atoms with van der Waals surface area (Å²) in [7, 11) is 0. The highest BCUT2D eigenvalue weighted by atomic mass is 35.5. The van der Waals surface area contributed by atoms with Gasteiger partial charge in [-0.2, -0.15) is 4.39 Å². The fourth-order valence-corrected chi connectivity index (χ4v) is 1.64. The zero-order chi connectivity index (χ0) is 14.7. The van der Waals surface area contributed by atoms with Gasteiger partial charge in [0, 0.05) is 11.1 Å². The molecule has 2 aromatic carbocycles. The minimum absolute atomic E-state index is 0.00859. The molecule has 0 spiro atoms. The van der Waals surface area contributed by atoms with Crippen LogP contribution in [0.1, 0.15) is 5.56 Å². The Kier molecular flexibility index (Phi) is 4.14. The van der Waals surface area contributed by atoms with Crippen LogP contribution in [0.15, 0.2) is 36.4 Å². The zero-order valence-corrected chi connectivity index (χ0v) is 10.7. The summed E-state index contributed by atoms with van der Waals surface area (Å²) >= 11 is 5.71. The largest absolute Gasteiger partial charge is 0.486 e. The van der Waals surface area contributed by atoms with E-state index in [1.807, 2.05) is 0 Å². The molecule has 0 atom stereocenters. The Morgan fingerprint density at radius 1 is 1.15 bits per heavy atom. The van der Waals surface area contributed by atoms with Crippen molar-refractivity contribution in [3.8, 4) is 5.75 Å². The number of halogens is 3. The highest BCUT2D eigenvalue weighted by Gasteiger charge is 2.19. The molecule has 0 aliphatic heterocycles. The van der Waals surface area contributed by atoms with E-state index in [1.165, 1.54) is 0 Å². The molecule has 4 nitrogen and oxygen atoms in total. The first kappa shape index (κ1) is 14.2. The fourth-order valence-electron chi connectivity index (χ4n) is 1.51. The van der Waals surface area contributed by atoms with Crippen LogP contribution in [0, 0.1) is 21.7 Å². The molecule has 0 amide bonds. The molecular weight excluding hydrogens is 292 g/mol. The number of nitro groups is 1. The van der Waals surface area contributed by atoms with E-state index in [9.17, 15) is 18.9 Å². The van der Waals surface area contributed by atoms with Crippen molar-refractivity contribution < 1.29 is 18.4 Å². The third kappa shape index (κ3) is 3.21. The van der Waals surface area contributed by atoms with Gasteiger partial charge in [0.25, 0.3) is 0 Å². The van der Waals surface area contributed by atoms with Gasteiger partial charge < -0.3 is 4.74 Å². The Morgan fingerprint density at radius 3 is 2.40 bits per heavy atom. The number of nitrogens with zero attached hydrogens (tertiary/aromatic N) is 1. The summed E-state index contributed by atoms with van der Waals surface area (Å²) in [4.78, 5) is 9.44. The molecule has 2 rings (SSSR count). The highest BCUT2D eigenvalue weighted by Crippen LogP contribution is 2.27. The SMILES string of the molecule is O=[N+]([O-])c1cc(F)c(OCc2ccc(Cl)cc2)cc1F. The van der Waals surface area contributed by atoms with Gasteiger partial charge in [-0.15, -0.1) is 0 Å². The van der Waals surface area contributed by atoms with Gasteiger partial charge in [0.05, 0.1) is 11.0 Å². The van der Waals surface area contributed by atoms with Crippen LogP contribution in [0.5, 0.6) is 5.75 Å². The van der Waals surface area contributed by atoms with Gasteiger partial charge in [-0.05, 0) is 17.7 Å². The summed E-state index contributed by atoms with van der Waals surface area (Å²) in [6.45, 7) is -0.00859. The second kappa shape index (κ2) is 5.83. The van der Waals surface area contributed by atoms with Gasteiger partial charge in [-0.3, -0.25) is 10.1 Å². The van der Waals surface area contributed by atoms with Crippen molar-refractivity contribution in [2.24, 2.45) is 0 Å². The standard InChI is InChI=1S/C13H8ClF2NO3/c14-9-3-1-8(2-4-9)7-20-13-6-10(15)12(17(18)19)5-11(13)16/h1-6H,7H2. The van der Waals surface area contributed by atoms with E-state index in [1.54, 1.807) is 24.3 Å².